The van der Waals surface area contributed by atoms with Gasteiger partial charge in [-0.2, -0.15) is 0 Å². The lowest BCUT2D eigenvalue weighted by molar-refractivity contribution is -0.119. The lowest BCUT2D eigenvalue weighted by Gasteiger charge is -2.29. The van der Waals surface area contributed by atoms with Crippen molar-refractivity contribution in [2.75, 3.05) is 40.3 Å². The molecule has 1 saturated heterocycles. The van der Waals surface area contributed by atoms with Crippen LogP contribution in [0, 0.1) is 0 Å². The number of piperazine rings is 1. The van der Waals surface area contributed by atoms with E-state index in [0.717, 1.165) is 39.7 Å². The maximum Gasteiger partial charge on any atom is 0.209 e. The zero-order chi connectivity index (χ0) is 8.69. The van der Waals surface area contributed by atoms with Gasteiger partial charge in [0.2, 0.25) is 6.41 Å². The summed E-state index contributed by atoms with van der Waals surface area (Å²) in [5.74, 6) is 0. The molecule has 0 saturated carbocycles. The number of hydrogen-bond acceptors (Lipinski definition) is 3. The Labute approximate surface area is 67.4 Å². The minimum absolute atomic E-state index is 0.889. The molecule has 1 aliphatic rings. The number of carbonyl (C=O) groups is 1. The van der Waals surface area contributed by atoms with Crippen LogP contribution in [0.2, 0.25) is 0 Å². The van der Waals surface area contributed by atoms with Gasteiger partial charge in [0, 0.05) is 33.3 Å². The molecule has 0 aromatic carbocycles. The van der Waals surface area contributed by atoms with E-state index < -0.39 is 0 Å². The van der Waals surface area contributed by atoms with E-state index in [0.29, 0.717) is 0 Å². The number of nitrogens with zero attached hydrogens (tertiary/aromatic N) is 2. The van der Waals surface area contributed by atoms with Crippen molar-refractivity contribution >= 4 is 6.41 Å². The van der Waals surface area contributed by atoms with Crippen LogP contribution in [-0.2, 0) is 4.79 Å². The van der Waals surface area contributed by atoms with Gasteiger partial charge in [-0.1, -0.05) is 0 Å². The molecule has 11 heavy (non-hydrogen) atoms. The number of aliphatic hydroxyl groups is 1. The average molecular weight is 160 g/mol. The van der Waals surface area contributed by atoms with E-state index in [4.69, 9.17) is 5.11 Å². The molecule has 1 amide bonds. The molecule has 0 unspecified atom stereocenters. The highest BCUT2D eigenvalue weighted by atomic mass is 16.2. The standard InChI is InChI=1S/C6H12N2O.CH4O/c1-7-2-4-8(6-9)5-3-7;1-2/h6H,2-5H2,1H3;2H,1H3. The smallest absolute Gasteiger partial charge is 0.209 e. The Kier molecular flexibility index (Phi) is 5.78. The van der Waals surface area contributed by atoms with Crippen molar-refractivity contribution in [2.45, 2.75) is 0 Å². The van der Waals surface area contributed by atoms with Crippen LogP contribution in [0.15, 0.2) is 0 Å². The summed E-state index contributed by atoms with van der Waals surface area (Å²) in [6.07, 6.45) is 0.924. The fourth-order valence-corrected chi connectivity index (χ4v) is 0.927. The zero-order valence-corrected chi connectivity index (χ0v) is 7.16. The van der Waals surface area contributed by atoms with Crippen LogP contribution in [0.5, 0.6) is 0 Å². The summed E-state index contributed by atoms with van der Waals surface area (Å²) in [4.78, 5) is 14.2. The monoisotopic (exact) mass is 160 g/mol. The molecule has 1 rings (SSSR count). The van der Waals surface area contributed by atoms with Crippen LogP contribution in [0.3, 0.4) is 0 Å². The van der Waals surface area contributed by atoms with Gasteiger partial charge in [0.15, 0.2) is 0 Å². The summed E-state index contributed by atoms with van der Waals surface area (Å²) >= 11 is 0. The molecular formula is C7H16N2O2. The van der Waals surface area contributed by atoms with Gasteiger partial charge in [-0.25, -0.2) is 0 Å². The maximum atomic E-state index is 10.2. The molecule has 0 aromatic rings. The molecule has 66 valence electrons. The van der Waals surface area contributed by atoms with Crippen molar-refractivity contribution in [1.82, 2.24) is 9.80 Å². The van der Waals surface area contributed by atoms with Crippen LogP contribution < -0.4 is 0 Å². The number of hydrogen-bond donors (Lipinski definition) is 1. The van der Waals surface area contributed by atoms with E-state index in [1.165, 1.54) is 0 Å². The van der Waals surface area contributed by atoms with E-state index in [-0.39, 0.29) is 0 Å². The Morgan fingerprint density at radius 3 is 2.00 bits per heavy atom. The van der Waals surface area contributed by atoms with E-state index in [1.807, 2.05) is 0 Å². The Hall–Kier alpha value is -0.610. The Morgan fingerprint density at radius 1 is 1.18 bits per heavy atom. The third kappa shape index (κ3) is 3.95. The van der Waals surface area contributed by atoms with Crippen molar-refractivity contribution in [2.24, 2.45) is 0 Å². The van der Waals surface area contributed by atoms with Crippen molar-refractivity contribution in [1.29, 1.82) is 0 Å². The molecular weight excluding hydrogens is 144 g/mol. The molecule has 4 heteroatoms. The topological polar surface area (TPSA) is 43.8 Å². The van der Waals surface area contributed by atoms with Gasteiger partial charge in [-0.3, -0.25) is 4.79 Å². The van der Waals surface area contributed by atoms with E-state index in [2.05, 4.69) is 11.9 Å². The highest BCUT2D eigenvalue weighted by molar-refractivity contribution is 5.47. The molecule has 1 N–H and O–H groups in total. The normalized spacial score (nSPS) is 18.6. The lowest BCUT2D eigenvalue weighted by atomic mass is 10.4. The molecule has 0 aromatic heterocycles. The molecule has 1 fully saturated rings. The molecule has 0 spiro atoms. The molecule has 0 bridgehead atoms. The molecule has 0 radical (unpaired) electrons. The second-order valence-electron chi connectivity index (χ2n) is 2.44. The highest BCUT2D eigenvalue weighted by Crippen LogP contribution is 1.94. The molecule has 0 atom stereocenters. The third-order valence-electron chi connectivity index (χ3n) is 1.69. The van der Waals surface area contributed by atoms with Crippen molar-refractivity contribution < 1.29 is 9.90 Å². The zero-order valence-electron chi connectivity index (χ0n) is 7.16. The first-order valence-electron chi connectivity index (χ1n) is 3.65. The van der Waals surface area contributed by atoms with Crippen LogP contribution in [0.4, 0.5) is 0 Å². The lowest BCUT2D eigenvalue weighted by Crippen LogP contribution is -2.43. The van der Waals surface area contributed by atoms with Gasteiger partial charge in [-0.05, 0) is 7.05 Å². The maximum absolute atomic E-state index is 10.2. The Bertz CT molecular complexity index is 101. The number of amides is 1. The van der Waals surface area contributed by atoms with E-state index in [1.54, 1.807) is 4.90 Å². The van der Waals surface area contributed by atoms with Crippen molar-refractivity contribution in [3.05, 3.63) is 0 Å². The van der Waals surface area contributed by atoms with E-state index >= 15 is 0 Å². The number of rotatable bonds is 1. The first-order chi connectivity index (χ1) is 5.33. The second-order valence-corrected chi connectivity index (χ2v) is 2.44. The average Bonchev–Trinajstić information content (AvgIpc) is 2.10. The summed E-state index contributed by atoms with van der Waals surface area (Å²) in [5, 5.41) is 7.00. The first-order valence-corrected chi connectivity index (χ1v) is 3.65. The fourth-order valence-electron chi connectivity index (χ4n) is 0.927. The van der Waals surface area contributed by atoms with E-state index in [9.17, 15) is 4.79 Å². The Balaban J connectivity index is 0.000000461. The molecule has 1 aliphatic heterocycles. The summed E-state index contributed by atoms with van der Waals surface area (Å²) in [7, 11) is 3.07. The summed E-state index contributed by atoms with van der Waals surface area (Å²) in [5.41, 5.74) is 0. The minimum Gasteiger partial charge on any atom is -0.400 e. The van der Waals surface area contributed by atoms with Gasteiger partial charge in [0.25, 0.3) is 0 Å². The van der Waals surface area contributed by atoms with Crippen molar-refractivity contribution in [3.8, 4) is 0 Å². The van der Waals surface area contributed by atoms with Crippen LogP contribution >= 0.6 is 0 Å². The van der Waals surface area contributed by atoms with Crippen LogP contribution in [0.25, 0.3) is 0 Å². The summed E-state index contributed by atoms with van der Waals surface area (Å²) in [6.45, 7) is 3.80. The summed E-state index contributed by atoms with van der Waals surface area (Å²) < 4.78 is 0. The third-order valence-corrected chi connectivity index (χ3v) is 1.69. The fraction of sp³-hybridized carbons (Fsp3) is 0.857. The summed E-state index contributed by atoms with van der Waals surface area (Å²) in [6, 6.07) is 0. The number of aliphatic hydroxyl groups excluding tert-OH is 1. The quantitative estimate of drug-likeness (QED) is 0.500. The van der Waals surface area contributed by atoms with Gasteiger partial charge in [-0.15, -0.1) is 0 Å². The molecule has 1 heterocycles. The number of likely N-dealkylation sites (N-methyl/N-ethyl adjacent to an activating group) is 1. The minimum atomic E-state index is 0.889. The van der Waals surface area contributed by atoms with Crippen LogP contribution in [-0.4, -0.2) is 61.7 Å². The second kappa shape index (κ2) is 6.12. The van der Waals surface area contributed by atoms with Crippen molar-refractivity contribution in [3.63, 3.8) is 0 Å². The largest absolute Gasteiger partial charge is 0.400 e. The van der Waals surface area contributed by atoms with Gasteiger partial charge < -0.3 is 14.9 Å². The SMILES string of the molecule is CN1CCN(C=O)CC1.CO. The molecule has 4 nitrogen and oxygen atoms in total. The number of carbonyl (C=O) groups excluding carboxylic acids is 1. The predicted octanol–water partition coefficient (Wildman–Crippen LogP) is -1.00. The first kappa shape index (κ1) is 10.4. The Morgan fingerprint density at radius 2 is 1.64 bits per heavy atom. The van der Waals surface area contributed by atoms with Gasteiger partial charge in [0.1, 0.15) is 0 Å². The van der Waals surface area contributed by atoms with Crippen LogP contribution in [0.1, 0.15) is 0 Å². The van der Waals surface area contributed by atoms with Gasteiger partial charge in [0.05, 0.1) is 0 Å². The highest BCUT2D eigenvalue weighted by Gasteiger charge is 2.10. The molecule has 0 aliphatic carbocycles. The predicted molar refractivity (Wildman–Crippen MR) is 43.3 cm³/mol. The van der Waals surface area contributed by atoms with Gasteiger partial charge >= 0.3 is 0 Å².